The summed E-state index contributed by atoms with van der Waals surface area (Å²) in [6, 6.07) is 0. The average molecular weight is 294 g/mol. The van der Waals surface area contributed by atoms with Crippen molar-refractivity contribution in [2.75, 3.05) is 37.2 Å². The van der Waals surface area contributed by atoms with Gasteiger partial charge in [0.1, 0.15) is 19.7 Å². The van der Waals surface area contributed by atoms with Gasteiger partial charge in [-0.15, -0.1) is 0 Å². The molecule has 7 nitrogen and oxygen atoms in total. The Bertz CT molecular complexity index is 384. The standard InChI is InChI=1S/C6H15O7PS2/c1-15(8,9)5-3-12-14(7)13-4-6-16(2,10)11/h14H,3-6H2,1-2H3. The van der Waals surface area contributed by atoms with Gasteiger partial charge in [-0.3, -0.25) is 4.57 Å². The highest BCUT2D eigenvalue weighted by molar-refractivity contribution is 7.90. The van der Waals surface area contributed by atoms with Gasteiger partial charge in [0.05, 0.1) is 24.7 Å². The van der Waals surface area contributed by atoms with Crippen LogP contribution in [0, 0.1) is 0 Å². The van der Waals surface area contributed by atoms with E-state index in [0.29, 0.717) is 0 Å². The molecule has 0 rings (SSSR count). The lowest BCUT2D eigenvalue weighted by Gasteiger charge is -2.04. The number of hydrogen-bond acceptors (Lipinski definition) is 7. The smallest absolute Gasteiger partial charge is 0.310 e. The first-order valence-corrected chi connectivity index (χ1v) is 9.60. The van der Waals surface area contributed by atoms with E-state index in [1.165, 1.54) is 0 Å². The molecule has 0 saturated heterocycles. The molecule has 0 saturated carbocycles. The molecule has 0 fully saturated rings. The molecule has 0 aromatic rings. The third-order valence-corrected chi connectivity index (χ3v) is 4.04. The highest BCUT2D eigenvalue weighted by Crippen LogP contribution is 2.23. The second-order valence-electron chi connectivity index (χ2n) is 3.21. The second kappa shape index (κ2) is 6.70. The van der Waals surface area contributed by atoms with Gasteiger partial charge < -0.3 is 9.05 Å². The predicted molar refractivity (Wildman–Crippen MR) is 60.3 cm³/mol. The first kappa shape index (κ1) is 16.1. The van der Waals surface area contributed by atoms with E-state index < -0.39 is 27.9 Å². The van der Waals surface area contributed by atoms with Crippen molar-refractivity contribution in [3.05, 3.63) is 0 Å². The molecule has 0 bridgehead atoms. The molecule has 0 atom stereocenters. The maximum absolute atomic E-state index is 11.0. The first-order valence-electron chi connectivity index (χ1n) is 4.25. The van der Waals surface area contributed by atoms with Crippen LogP contribution >= 0.6 is 8.25 Å². The van der Waals surface area contributed by atoms with Crippen molar-refractivity contribution in [1.82, 2.24) is 0 Å². The summed E-state index contributed by atoms with van der Waals surface area (Å²) >= 11 is 0. The van der Waals surface area contributed by atoms with Gasteiger partial charge in [0.2, 0.25) is 0 Å². The largest absolute Gasteiger partial charge is 0.319 e. The van der Waals surface area contributed by atoms with E-state index >= 15 is 0 Å². The SMILES string of the molecule is CS(=O)(=O)CCO[PH](=O)OCCS(C)(=O)=O. The average Bonchev–Trinajstić information content (AvgIpc) is 1.98. The Morgan fingerprint density at radius 1 is 0.875 bits per heavy atom. The molecular weight excluding hydrogens is 279 g/mol. The maximum atomic E-state index is 11.0. The predicted octanol–water partition coefficient (Wildman–Crippen LogP) is -0.502. The fourth-order valence-corrected chi connectivity index (χ4v) is 2.28. The van der Waals surface area contributed by atoms with Gasteiger partial charge >= 0.3 is 8.25 Å². The van der Waals surface area contributed by atoms with Crippen molar-refractivity contribution in [2.24, 2.45) is 0 Å². The minimum Gasteiger partial charge on any atom is -0.310 e. The van der Waals surface area contributed by atoms with E-state index in [4.69, 9.17) is 0 Å². The van der Waals surface area contributed by atoms with Crippen LogP contribution in [0.2, 0.25) is 0 Å². The maximum Gasteiger partial charge on any atom is 0.319 e. The molecule has 0 aromatic heterocycles. The summed E-state index contributed by atoms with van der Waals surface area (Å²) in [6.45, 7) is -0.453. The summed E-state index contributed by atoms with van der Waals surface area (Å²) in [4.78, 5) is 0. The minimum atomic E-state index is -3.16. The summed E-state index contributed by atoms with van der Waals surface area (Å²) in [5.74, 6) is -0.502. The Labute approximate surface area is 95.9 Å². The lowest BCUT2D eigenvalue weighted by Crippen LogP contribution is -2.10. The van der Waals surface area contributed by atoms with Crippen LogP contribution in [0.4, 0.5) is 0 Å². The Balaban J connectivity index is 3.69. The summed E-state index contributed by atoms with van der Waals surface area (Å²) in [6.07, 6.45) is 2.05. The summed E-state index contributed by atoms with van der Waals surface area (Å²) in [5.41, 5.74) is 0. The van der Waals surface area contributed by atoms with Crippen LogP contribution < -0.4 is 0 Å². The van der Waals surface area contributed by atoms with Crippen molar-refractivity contribution < 1.29 is 30.4 Å². The molecule has 10 heteroatoms. The molecule has 0 radical (unpaired) electrons. The van der Waals surface area contributed by atoms with Crippen LogP contribution in [0.3, 0.4) is 0 Å². The van der Waals surface area contributed by atoms with E-state index in [-0.39, 0.29) is 24.7 Å². The normalized spacial score (nSPS) is 13.2. The monoisotopic (exact) mass is 294 g/mol. The van der Waals surface area contributed by atoms with Gasteiger partial charge in [0, 0.05) is 12.5 Å². The van der Waals surface area contributed by atoms with Crippen molar-refractivity contribution >= 4 is 27.9 Å². The van der Waals surface area contributed by atoms with Gasteiger partial charge in [0.25, 0.3) is 0 Å². The van der Waals surface area contributed by atoms with Crippen LogP contribution in [0.25, 0.3) is 0 Å². The highest BCUT2D eigenvalue weighted by atomic mass is 32.2. The fourth-order valence-electron chi connectivity index (χ4n) is 0.594. The molecule has 0 aliphatic carbocycles. The van der Waals surface area contributed by atoms with Gasteiger partial charge in [-0.05, 0) is 0 Å². The van der Waals surface area contributed by atoms with Crippen LogP contribution in [0.1, 0.15) is 0 Å². The van der Waals surface area contributed by atoms with Crippen LogP contribution in [-0.2, 0) is 33.3 Å². The summed E-state index contributed by atoms with van der Waals surface area (Å²) in [5, 5.41) is 0. The number of hydrogen-bond donors (Lipinski definition) is 0. The molecular formula is C6H15O7PS2. The Hall–Kier alpha value is 0.0500. The Morgan fingerprint density at radius 3 is 1.44 bits per heavy atom. The lowest BCUT2D eigenvalue weighted by molar-refractivity contribution is 0.244. The second-order valence-corrected chi connectivity index (χ2v) is 8.80. The summed E-state index contributed by atoms with van der Waals surface area (Å²) in [7, 11) is -9.14. The van der Waals surface area contributed by atoms with E-state index in [2.05, 4.69) is 9.05 Å². The van der Waals surface area contributed by atoms with Gasteiger partial charge in [-0.1, -0.05) is 0 Å². The van der Waals surface area contributed by atoms with E-state index in [9.17, 15) is 21.4 Å². The van der Waals surface area contributed by atoms with E-state index in [1.807, 2.05) is 0 Å². The molecule has 0 N–H and O–H groups in total. The molecule has 0 aliphatic rings. The molecule has 0 unspecified atom stereocenters. The molecule has 0 aromatic carbocycles. The Morgan fingerprint density at radius 2 is 1.19 bits per heavy atom. The molecule has 0 amide bonds. The van der Waals surface area contributed by atoms with Gasteiger partial charge in [-0.25, -0.2) is 16.8 Å². The number of sulfone groups is 2. The highest BCUT2D eigenvalue weighted by Gasteiger charge is 2.07. The molecule has 16 heavy (non-hydrogen) atoms. The molecule has 0 heterocycles. The lowest BCUT2D eigenvalue weighted by atomic mass is 10.9. The van der Waals surface area contributed by atoms with Crippen LogP contribution in [0.15, 0.2) is 0 Å². The zero-order chi connectivity index (χ0) is 12.8. The fraction of sp³-hybridized carbons (Fsp3) is 1.00. The quantitative estimate of drug-likeness (QED) is 0.556. The Kier molecular flexibility index (Phi) is 6.73. The minimum absolute atomic E-state index is 0.227. The molecule has 98 valence electrons. The first-order chi connectivity index (χ1) is 7.10. The molecule has 0 spiro atoms. The van der Waals surface area contributed by atoms with Crippen molar-refractivity contribution in [3.63, 3.8) is 0 Å². The zero-order valence-corrected chi connectivity index (χ0v) is 11.6. The molecule has 0 aliphatic heterocycles. The number of rotatable bonds is 8. The van der Waals surface area contributed by atoms with Crippen molar-refractivity contribution in [1.29, 1.82) is 0 Å². The zero-order valence-electron chi connectivity index (χ0n) is 9.00. The van der Waals surface area contributed by atoms with Crippen LogP contribution in [-0.4, -0.2) is 54.1 Å². The third kappa shape index (κ3) is 12.1. The van der Waals surface area contributed by atoms with Gasteiger partial charge in [0.15, 0.2) is 0 Å². The third-order valence-electron chi connectivity index (χ3n) is 1.35. The van der Waals surface area contributed by atoms with E-state index in [1.54, 1.807) is 0 Å². The topological polar surface area (TPSA) is 104 Å². The van der Waals surface area contributed by atoms with Crippen molar-refractivity contribution in [3.8, 4) is 0 Å². The van der Waals surface area contributed by atoms with Crippen LogP contribution in [0.5, 0.6) is 0 Å². The van der Waals surface area contributed by atoms with Crippen molar-refractivity contribution in [2.45, 2.75) is 0 Å². The van der Waals surface area contributed by atoms with Gasteiger partial charge in [-0.2, -0.15) is 0 Å². The van der Waals surface area contributed by atoms with E-state index in [0.717, 1.165) is 12.5 Å². The summed E-state index contributed by atoms with van der Waals surface area (Å²) < 4.78 is 62.8.